The zero-order chi connectivity index (χ0) is 22.8. The van der Waals surface area contributed by atoms with Gasteiger partial charge >= 0.3 is 0 Å². The number of fused-ring (bicyclic) bond motifs is 6. The molecule has 0 fully saturated rings. The fourth-order valence-electron chi connectivity index (χ4n) is 4.19. The lowest BCUT2D eigenvalue weighted by molar-refractivity contribution is 0.102. The molecule has 3 aromatic rings. The van der Waals surface area contributed by atoms with E-state index >= 15 is 0 Å². The van der Waals surface area contributed by atoms with E-state index in [1.165, 1.54) is 0 Å². The standard InChI is InChI=1S/C26H24ClN5O/c1-16-5-2-3-8-21(16)25(33)31-23-12-11-20-14-18(23)10-9-17-6-4-7-19(13-17)30-26-28-15-22(27)24(29-20)32-26/h2-8,11-12,14-15,17H,9-10,13H2,1H3,(H,31,33)(H2,28,29,30,32). The first-order valence-corrected chi connectivity index (χ1v) is 11.4. The molecular formula is C26H24ClN5O. The number of anilines is 4. The lowest BCUT2D eigenvalue weighted by atomic mass is 9.91. The van der Waals surface area contributed by atoms with Crippen LogP contribution in [0.5, 0.6) is 0 Å². The number of nitrogens with zero attached hydrogens (tertiary/aromatic N) is 2. The Morgan fingerprint density at radius 2 is 2.06 bits per heavy atom. The second-order valence-electron chi connectivity index (χ2n) is 8.36. The minimum absolute atomic E-state index is 0.108. The van der Waals surface area contributed by atoms with Crippen LogP contribution >= 0.6 is 11.6 Å². The lowest BCUT2D eigenvalue weighted by Crippen LogP contribution is -2.15. The second-order valence-corrected chi connectivity index (χ2v) is 8.77. The number of aryl methyl sites for hydroxylation is 2. The Morgan fingerprint density at radius 1 is 1.18 bits per heavy atom. The molecule has 6 nitrogen and oxygen atoms in total. The fourth-order valence-corrected chi connectivity index (χ4v) is 4.33. The summed E-state index contributed by atoms with van der Waals surface area (Å²) in [6.45, 7) is 1.94. The molecule has 1 aliphatic heterocycles. The molecule has 5 rings (SSSR count). The normalized spacial score (nSPS) is 16.8. The molecule has 33 heavy (non-hydrogen) atoms. The van der Waals surface area contributed by atoms with Gasteiger partial charge in [-0.1, -0.05) is 42.0 Å². The number of aromatic nitrogens is 2. The van der Waals surface area contributed by atoms with Gasteiger partial charge in [-0.15, -0.1) is 0 Å². The number of amides is 1. The third-order valence-electron chi connectivity index (χ3n) is 5.97. The van der Waals surface area contributed by atoms with Crippen molar-refractivity contribution in [3.05, 3.63) is 94.3 Å². The monoisotopic (exact) mass is 457 g/mol. The van der Waals surface area contributed by atoms with Gasteiger partial charge in [-0.3, -0.25) is 4.79 Å². The van der Waals surface area contributed by atoms with E-state index in [2.05, 4.69) is 50.2 Å². The van der Waals surface area contributed by atoms with Crippen LogP contribution in [0.2, 0.25) is 5.02 Å². The summed E-state index contributed by atoms with van der Waals surface area (Å²) in [4.78, 5) is 21.8. The van der Waals surface area contributed by atoms with Gasteiger partial charge < -0.3 is 16.0 Å². The van der Waals surface area contributed by atoms with Gasteiger partial charge in [0.25, 0.3) is 5.91 Å². The van der Waals surface area contributed by atoms with E-state index in [1.807, 2.05) is 43.3 Å². The van der Waals surface area contributed by atoms with Gasteiger partial charge in [0, 0.05) is 22.6 Å². The van der Waals surface area contributed by atoms with Gasteiger partial charge in [-0.25, -0.2) is 4.98 Å². The number of nitrogens with one attached hydrogen (secondary N) is 3. The molecule has 1 aromatic heterocycles. The van der Waals surface area contributed by atoms with Crippen LogP contribution in [-0.2, 0) is 6.42 Å². The van der Waals surface area contributed by atoms with E-state index in [4.69, 9.17) is 11.6 Å². The summed E-state index contributed by atoms with van der Waals surface area (Å²) >= 11 is 6.36. The maximum Gasteiger partial charge on any atom is 0.255 e. The first kappa shape index (κ1) is 21.2. The molecule has 0 radical (unpaired) electrons. The quantitative estimate of drug-likeness (QED) is 0.423. The zero-order valence-corrected chi connectivity index (χ0v) is 19.0. The Hall–Kier alpha value is -3.64. The largest absolute Gasteiger partial charge is 0.339 e. The molecule has 0 spiro atoms. The van der Waals surface area contributed by atoms with Gasteiger partial charge in [0.05, 0.1) is 6.20 Å². The summed E-state index contributed by atoms with van der Waals surface area (Å²) in [5.74, 6) is 1.30. The maximum absolute atomic E-state index is 13.0. The highest BCUT2D eigenvalue weighted by atomic mass is 35.5. The van der Waals surface area contributed by atoms with Gasteiger partial charge in [0.1, 0.15) is 5.02 Å². The number of carbonyl (C=O) groups is 1. The molecule has 1 aliphatic carbocycles. The van der Waals surface area contributed by atoms with Crippen molar-refractivity contribution in [3.8, 4) is 0 Å². The van der Waals surface area contributed by atoms with E-state index in [1.54, 1.807) is 6.20 Å². The predicted molar refractivity (Wildman–Crippen MR) is 133 cm³/mol. The number of halogens is 1. The van der Waals surface area contributed by atoms with E-state index in [-0.39, 0.29) is 5.91 Å². The number of carbonyl (C=O) groups excluding carboxylic acids is 1. The van der Waals surface area contributed by atoms with Gasteiger partial charge in [-0.2, -0.15) is 4.98 Å². The van der Waals surface area contributed by atoms with Crippen LogP contribution in [0.1, 0.15) is 34.3 Å². The van der Waals surface area contributed by atoms with Gasteiger partial charge in [0.15, 0.2) is 5.82 Å². The average molecular weight is 458 g/mol. The van der Waals surface area contributed by atoms with Crippen LogP contribution in [0.4, 0.5) is 23.1 Å². The summed E-state index contributed by atoms with van der Waals surface area (Å²) in [5, 5.41) is 10.2. The predicted octanol–water partition coefficient (Wildman–Crippen LogP) is 6.25. The van der Waals surface area contributed by atoms with Crippen molar-refractivity contribution in [2.24, 2.45) is 5.92 Å². The second kappa shape index (κ2) is 9.08. The van der Waals surface area contributed by atoms with E-state index < -0.39 is 0 Å². The molecule has 0 saturated carbocycles. The minimum atomic E-state index is -0.108. The average Bonchev–Trinajstić information content (AvgIpc) is 2.81. The van der Waals surface area contributed by atoms with Gasteiger partial charge in [-0.05, 0) is 73.6 Å². The van der Waals surface area contributed by atoms with Crippen LogP contribution in [0.15, 0.2) is 72.6 Å². The highest BCUT2D eigenvalue weighted by Crippen LogP contribution is 2.31. The van der Waals surface area contributed by atoms with Gasteiger partial charge in [0.2, 0.25) is 5.95 Å². The van der Waals surface area contributed by atoms with Crippen LogP contribution in [0.3, 0.4) is 0 Å². The van der Waals surface area contributed by atoms with Crippen molar-refractivity contribution in [2.45, 2.75) is 26.2 Å². The summed E-state index contributed by atoms with van der Waals surface area (Å²) in [7, 11) is 0. The highest BCUT2D eigenvalue weighted by molar-refractivity contribution is 6.32. The van der Waals surface area contributed by atoms with Crippen molar-refractivity contribution < 1.29 is 4.79 Å². The smallest absolute Gasteiger partial charge is 0.255 e. The number of hydrogen-bond donors (Lipinski definition) is 3. The minimum Gasteiger partial charge on any atom is -0.339 e. The molecule has 1 unspecified atom stereocenters. The maximum atomic E-state index is 13.0. The Kier molecular flexibility index (Phi) is 5.84. The van der Waals surface area contributed by atoms with Crippen molar-refractivity contribution in [2.75, 3.05) is 16.0 Å². The van der Waals surface area contributed by atoms with Crippen LogP contribution in [0.25, 0.3) is 0 Å². The first-order valence-electron chi connectivity index (χ1n) is 11.0. The molecule has 0 saturated heterocycles. The molecule has 6 bridgehead atoms. The fraction of sp³-hybridized carbons (Fsp3) is 0.192. The Bertz CT molecular complexity index is 1280. The summed E-state index contributed by atoms with van der Waals surface area (Å²) in [5.41, 5.74) is 5.41. The van der Waals surface area contributed by atoms with Crippen LogP contribution < -0.4 is 16.0 Å². The van der Waals surface area contributed by atoms with E-state index in [0.717, 1.165) is 47.5 Å². The molecule has 1 atom stereocenters. The number of hydrogen-bond acceptors (Lipinski definition) is 5. The molecule has 2 aromatic carbocycles. The van der Waals surface area contributed by atoms with Crippen molar-refractivity contribution in [3.63, 3.8) is 0 Å². The SMILES string of the molecule is Cc1ccccc1C(=O)Nc1ccc2cc1CCC1C=CC=C(C1)Nc1ncc(Cl)c(n1)N2. The number of benzene rings is 2. The molecule has 7 heteroatoms. The molecule has 2 aliphatic rings. The molecular weight excluding hydrogens is 434 g/mol. The zero-order valence-electron chi connectivity index (χ0n) is 18.2. The number of rotatable bonds is 2. The summed E-state index contributed by atoms with van der Waals surface area (Å²) in [6, 6.07) is 13.5. The summed E-state index contributed by atoms with van der Waals surface area (Å²) in [6.07, 6.45) is 10.6. The molecule has 2 heterocycles. The Labute approximate surface area is 197 Å². The topological polar surface area (TPSA) is 78.9 Å². The van der Waals surface area contributed by atoms with Crippen molar-refractivity contribution in [1.29, 1.82) is 0 Å². The number of allylic oxidation sites excluding steroid dienone is 4. The van der Waals surface area contributed by atoms with Crippen molar-refractivity contribution in [1.82, 2.24) is 9.97 Å². The third kappa shape index (κ3) is 4.76. The Balaban J connectivity index is 1.50. The highest BCUT2D eigenvalue weighted by Gasteiger charge is 2.18. The van der Waals surface area contributed by atoms with E-state index in [9.17, 15) is 4.79 Å². The molecule has 166 valence electrons. The molecule has 1 amide bonds. The Morgan fingerprint density at radius 3 is 2.94 bits per heavy atom. The van der Waals surface area contributed by atoms with Crippen molar-refractivity contribution >= 4 is 40.6 Å². The van der Waals surface area contributed by atoms with Crippen LogP contribution in [-0.4, -0.2) is 15.9 Å². The molecule has 3 N–H and O–H groups in total. The lowest BCUT2D eigenvalue weighted by Gasteiger charge is -2.20. The summed E-state index contributed by atoms with van der Waals surface area (Å²) < 4.78 is 0. The van der Waals surface area contributed by atoms with Crippen LogP contribution in [0, 0.1) is 12.8 Å². The van der Waals surface area contributed by atoms with E-state index in [0.29, 0.717) is 28.3 Å². The third-order valence-corrected chi connectivity index (χ3v) is 6.25. The first-order chi connectivity index (χ1) is 16.0.